The van der Waals surface area contributed by atoms with Crippen molar-refractivity contribution in [3.05, 3.63) is 35.4 Å². The maximum absolute atomic E-state index is 12.6. The number of nitrogens with zero attached hydrogens (tertiary/aromatic N) is 4. The van der Waals surface area contributed by atoms with E-state index in [-0.39, 0.29) is 11.8 Å². The fourth-order valence-corrected chi connectivity index (χ4v) is 3.12. The Hall–Kier alpha value is -2.15. The molecule has 3 rings (SSSR count). The van der Waals surface area contributed by atoms with Crippen LogP contribution >= 0.6 is 0 Å². The first-order chi connectivity index (χ1) is 11.4. The largest absolute Gasteiger partial charge is 0.368 e. The minimum atomic E-state index is -0.483. The summed E-state index contributed by atoms with van der Waals surface area (Å²) in [5.41, 5.74) is 2.01. The average molecular weight is 331 g/mol. The molecule has 2 aromatic heterocycles. The Labute approximate surface area is 142 Å². The number of nitrogens with one attached hydrogen (secondary N) is 1. The lowest BCUT2D eigenvalue weighted by molar-refractivity contribution is 0.00122. The molecule has 1 amide bonds. The van der Waals surface area contributed by atoms with Crippen molar-refractivity contribution < 1.29 is 9.53 Å². The Bertz CT molecular complexity index is 725. The van der Waals surface area contributed by atoms with E-state index >= 15 is 0 Å². The van der Waals surface area contributed by atoms with Gasteiger partial charge in [0.1, 0.15) is 11.3 Å². The van der Waals surface area contributed by atoms with E-state index in [1.807, 2.05) is 25.5 Å². The van der Waals surface area contributed by atoms with E-state index in [0.717, 1.165) is 24.1 Å². The highest BCUT2D eigenvalue weighted by Gasteiger charge is 2.38. The molecule has 0 saturated carbocycles. The zero-order chi connectivity index (χ0) is 17.3. The Morgan fingerprint density at radius 1 is 1.46 bits per heavy atom. The minimum absolute atomic E-state index is 0.129. The van der Waals surface area contributed by atoms with Crippen LogP contribution in [-0.2, 0) is 24.4 Å². The second-order valence-corrected chi connectivity index (χ2v) is 6.76. The third-order valence-corrected chi connectivity index (χ3v) is 4.59. The number of ether oxygens (including phenoxy) is 1. The molecule has 3 heterocycles. The summed E-state index contributed by atoms with van der Waals surface area (Å²) in [6.07, 6.45) is 5.63. The number of hydrogen-bond donors (Lipinski definition) is 1. The summed E-state index contributed by atoms with van der Waals surface area (Å²) in [4.78, 5) is 12.6. The molecule has 130 valence electrons. The first-order valence-electron chi connectivity index (χ1n) is 8.36. The van der Waals surface area contributed by atoms with E-state index in [0.29, 0.717) is 18.8 Å². The molecule has 1 unspecified atom stereocenters. The lowest BCUT2D eigenvalue weighted by Crippen LogP contribution is -2.40. The molecule has 1 atom stereocenters. The van der Waals surface area contributed by atoms with Crippen molar-refractivity contribution in [2.45, 2.75) is 38.2 Å². The number of hydrogen-bond acceptors (Lipinski definition) is 4. The quantitative estimate of drug-likeness (QED) is 0.905. The van der Waals surface area contributed by atoms with Crippen molar-refractivity contribution in [3.63, 3.8) is 0 Å². The van der Waals surface area contributed by atoms with Crippen LogP contribution in [0.1, 0.15) is 54.4 Å². The Balaban J connectivity index is 1.74. The van der Waals surface area contributed by atoms with Crippen LogP contribution in [0.3, 0.4) is 0 Å². The van der Waals surface area contributed by atoms with Gasteiger partial charge in [-0.25, -0.2) is 0 Å². The number of carbonyl (C=O) groups is 1. The fraction of sp³-hybridized carbons (Fsp3) is 0.588. The molecule has 1 fully saturated rings. The van der Waals surface area contributed by atoms with E-state index in [1.54, 1.807) is 16.4 Å². The standard InChI is InChI=1S/C17H25N5O2/c1-12(2)14-8-15(22(4)20-14)16(23)18-11-17(6-5-7-24-17)13-9-19-21(3)10-13/h8-10,12H,5-7,11H2,1-4H3,(H,18,23). The second-order valence-electron chi connectivity index (χ2n) is 6.76. The summed E-state index contributed by atoms with van der Waals surface area (Å²) in [6, 6.07) is 1.85. The normalized spacial score (nSPS) is 20.7. The predicted octanol–water partition coefficient (Wildman–Crippen LogP) is 1.71. The van der Waals surface area contributed by atoms with E-state index in [1.165, 1.54) is 0 Å². The molecule has 1 aliphatic rings. The lowest BCUT2D eigenvalue weighted by Gasteiger charge is -2.27. The first kappa shape index (κ1) is 16.7. The molecule has 7 nitrogen and oxygen atoms in total. The third-order valence-electron chi connectivity index (χ3n) is 4.59. The van der Waals surface area contributed by atoms with Gasteiger partial charge in [-0.2, -0.15) is 10.2 Å². The van der Waals surface area contributed by atoms with Gasteiger partial charge in [0.2, 0.25) is 0 Å². The number of rotatable bonds is 5. The van der Waals surface area contributed by atoms with E-state index in [9.17, 15) is 4.79 Å². The Kier molecular flexibility index (Phi) is 4.45. The van der Waals surface area contributed by atoms with Crippen LogP contribution in [0, 0.1) is 0 Å². The highest BCUT2D eigenvalue weighted by atomic mass is 16.5. The van der Waals surface area contributed by atoms with Gasteiger partial charge in [0.05, 0.1) is 18.4 Å². The van der Waals surface area contributed by atoms with Gasteiger partial charge in [-0.15, -0.1) is 0 Å². The summed E-state index contributed by atoms with van der Waals surface area (Å²) < 4.78 is 9.41. The number of amides is 1. The van der Waals surface area contributed by atoms with Crippen molar-refractivity contribution in [2.24, 2.45) is 14.1 Å². The Morgan fingerprint density at radius 3 is 2.79 bits per heavy atom. The molecule has 0 aliphatic carbocycles. The molecule has 24 heavy (non-hydrogen) atoms. The van der Waals surface area contributed by atoms with Crippen molar-refractivity contribution in [1.82, 2.24) is 24.9 Å². The van der Waals surface area contributed by atoms with Gasteiger partial charge in [-0.1, -0.05) is 13.8 Å². The molecular formula is C17H25N5O2. The van der Waals surface area contributed by atoms with Gasteiger partial charge in [0, 0.05) is 32.5 Å². The minimum Gasteiger partial charge on any atom is -0.368 e. The van der Waals surface area contributed by atoms with E-state index in [4.69, 9.17) is 4.74 Å². The second kappa shape index (κ2) is 6.39. The first-order valence-corrected chi connectivity index (χ1v) is 8.36. The topological polar surface area (TPSA) is 74.0 Å². The highest BCUT2D eigenvalue weighted by molar-refractivity contribution is 5.92. The van der Waals surface area contributed by atoms with Crippen LogP contribution in [0.2, 0.25) is 0 Å². The van der Waals surface area contributed by atoms with E-state index < -0.39 is 5.60 Å². The van der Waals surface area contributed by atoms with Gasteiger partial charge in [0.25, 0.3) is 5.91 Å². The molecule has 7 heteroatoms. The van der Waals surface area contributed by atoms with Gasteiger partial charge in [-0.05, 0) is 24.8 Å². The van der Waals surface area contributed by atoms with Gasteiger partial charge >= 0.3 is 0 Å². The summed E-state index contributed by atoms with van der Waals surface area (Å²) in [7, 11) is 3.68. The SMILES string of the molecule is CC(C)c1cc(C(=O)NCC2(c3cnn(C)c3)CCCO2)n(C)n1. The van der Waals surface area contributed by atoms with Crippen LogP contribution in [0.5, 0.6) is 0 Å². The Morgan fingerprint density at radius 2 is 2.25 bits per heavy atom. The average Bonchev–Trinajstić information content (AvgIpc) is 3.25. The van der Waals surface area contributed by atoms with Gasteiger partial charge in [0.15, 0.2) is 0 Å². The van der Waals surface area contributed by atoms with Crippen LogP contribution in [0.15, 0.2) is 18.5 Å². The predicted molar refractivity (Wildman–Crippen MR) is 89.7 cm³/mol. The molecule has 1 aliphatic heterocycles. The van der Waals surface area contributed by atoms with E-state index in [2.05, 4.69) is 29.4 Å². The summed E-state index contributed by atoms with van der Waals surface area (Å²) in [6.45, 7) is 5.26. The maximum atomic E-state index is 12.6. The molecule has 0 spiro atoms. The molecule has 1 saturated heterocycles. The number of aromatic nitrogens is 4. The summed E-state index contributed by atoms with van der Waals surface area (Å²) in [5, 5.41) is 11.7. The molecule has 2 aromatic rings. The summed E-state index contributed by atoms with van der Waals surface area (Å²) in [5.74, 6) is 0.160. The van der Waals surface area contributed by atoms with Crippen LogP contribution in [0.4, 0.5) is 0 Å². The smallest absolute Gasteiger partial charge is 0.269 e. The van der Waals surface area contributed by atoms with Crippen molar-refractivity contribution >= 4 is 5.91 Å². The van der Waals surface area contributed by atoms with Crippen molar-refractivity contribution in [1.29, 1.82) is 0 Å². The molecule has 0 aromatic carbocycles. The van der Waals surface area contributed by atoms with Crippen LogP contribution in [0.25, 0.3) is 0 Å². The molecule has 0 radical (unpaired) electrons. The zero-order valence-corrected chi connectivity index (χ0v) is 14.7. The lowest BCUT2D eigenvalue weighted by atomic mass is 9.93. The monoisotopic (exact) mass is 331 g/mol. The molecular weight excluding hydrogens is 306 g/mol. The number of carbonyl (C=O) groups excluding carboxylic acids is 1. The fourth-order valence-electron chi connectivity index (χ4n) is 3.12. The van der Waals surface area contributed by atoms with Crippen molar-refractivity contribution in [3.8, 4) is 0 Å². The van der Waals surface area contributed by atoms with Crippen molar-refractivity contribution in [2.75, 3.05) is 13.2 Å². The molecule has 0 bridgehead atoms. The highest BCUT2D eigenvalue weighted by Crippen LogP contribution is 2.35. The zero-order valence-electron chi connectivity index (χ0n) is 14.7. The van der Waals surface area contributed by atoms with Gasteiger partial charge < -0.3 is 10.1 Å². The number of aryl methyl sites for hydroxylation is 2. The summed E-state index contributed by atoms with van der Waals surface area (Å²) >= 11 is 0. The molecule has 1 N–H and O–H groups in total. The van der Waals surface area contributed by atoms with Crippen LogP contribution in [-0.4, -0.2) is 38.6 Å². The maximum Gasteiger partial charge on any atom is 0.269 e. The van der Waals surface area contributed by atoms with Crippen LogP contribution < -0.4 is 5.32 Å². The third kappa shape index (κ3) is 3.08. The van der Waals surface area contributed by atoms with Gasteiger partial charge in [-0.3, -0.25) is 14.2 Å².